The van der Waals surface area contributed by atoms with Gasteiger partial charge in [-0.15, -0.1) is 0 Å². The minimum Gasteiger partial charge on any atom is -0.390 e. The van der Waals surface area contributed by atoms with E-state index in [2.05, 4.69) is 21.4 Å². The molecule has 0 saturated carbocycles. The summed E-state index contributed by atoms with van der Waals surface area (Å²) in [5.41, 5.74) is 0. The van der Waals surface area contributed by atoms with E-state index in [1.165, 1.54) is 0 Å². The molecule has 1 saturated heterocycles. The lowest BCUT2D eigenvalue weighted by Crippen LogP contribution is -2.36. The maximum Gasteiger partial charge on any atom is 0.0805 e. The monoisotopic (exact) mass is 191 g/mol. The second kappa shape index (κ2) is 5.13. The average Bonchev–Trinajstić information content (AvgIpc) is 2.06. The molecule has 0 bridgehead atoms. The molecular weight excluding hydrogens is 173 g/mol. The zero-order chi connectivity index (χ0) is 8.97. The third kappa shape index (κ3) is 2.98. The molecule has 1 heterocycles. The molecule has 1 N–H and O–H groups in total. The van der Waals surface area contributed by atoms with Gasteiger partial charge in [-0.3, -0.25) is 0 Å². The van der Waals surface area contributed by atoms with Crippen molar-refractivity contribution in [1.82, 2.24) is 4.90 Å². The van der Waals surface area contributed by atoms with Crippen LogP contribution >= 0.6 is 9.47 Å². The summed E-state index contributed by atoms with van der Waals surface area (Å²) in [4.78, 5) is 2.30. The number of hydrogen-bond donors (Lipinski definition) is 1. The van der Waals surface area contributed by atoms with Crippen molar-refractivity contribution < 1.29 is 9.63 Å². The molecule has 1 rings (SSSR count). The molecule has 12 heavy (non-hydrogen) atoms. The number of piperidine rings is 1. The molecule has 2 atom stereocenters. The van der Waals surface area contributed by atoms with E-state index in [-0.39, 0.29) is 6.10 Å². The summed E-state index contributed by atoms with van der Waals surface area (Å²) >= 11 is 0. The minimum atomic E-state index is -0.281. The Balaban J connectivity index is 2.24. The number of aliphatic hydroxyl groups excluding tert-OH is 1. The Morgan fingerprint density at radius 3 is 2.67 bits per heavy atom. The van der Waals surface area contributed by atoms with Gasteiger partial charge in [-0.05, 0) is 38.9 Å². The lowest BCUT2D eigenvalue weighted by molar-refractivity contribution is 0.0351. The molecule has 0 aliphatic carbocycles. The van der Waals surface area contributed by atoms with E-state index in [1.54, 1.807) is 0 Å². The molecule has 4 heteroatoms. The molecule has 0 aromatic heterocycles. The molecular formula is C8H18NO2P. The number of rotatable bonds is 3. The topological polar surface area (TPSA) is 32.7 Å². The zero-order valence-corrected chi connectivity index (χ0v) is 8.72. The van der Waals surface area contributed by atoms with Crippen molar-refractivity contribution in [3.63, 3.8) is 0 Å². The predicted molar refractivity (Wildman–Crippen MR) is 51.9 cm³/mol. The van der Waals surface area contributed by atoms with Crippen LogP contribution in [0.4, 0.5) is 0 Å². The maximum absolute atomic E-state index is 9.60. The summed E-state index contributed by atoms with van der Waals surface area (Å²) in [6, 6.07) is 0. The standard InChI is InChI=1S/C8H18NO2P/c1-9-4-2-7(3-5-9)8(10)6-11-12/h7-8,10H,2-6,12H2,1H3/t8-/m1/s1. The largest absolute Gasteiger partial charge is 0.390 e. The smallest absolute Gasteiger partial charge is 0.0805 e. The van der Waals surface area contributed by atoms with Gasteiger partial charge in [-0.1, -0.05) is 0 Å². The van der Waals surface area contributed by atoms with E-state index in [1.807, 2.05) is 0 Å². The SMILES string of the molecule is CN1CCC([C@H](O)COP)CC1. The van der Waals surface area contributed by atoms with Crippen molar-refractivity contribution in [2.75, 3.05) is 26.7 Å². The van der Waals surface area contributed by atoms with Crippen LogP contribution in [-0.2, 0) is 4.52 Å². The van der Waals surface area contributed by atoms with Gasteiger partial charge in [0.15, 0.2) is 0 Å². The fourth-order valence-electron chi connectivity index (χ4n) is 1.65. The van der Waals surface area contributed by atoms with Gasteiger partial charge in [0, 0.05) is 9.47 Å². The summed E-state index contributed by atoms with van der Waals surface area (Å²) < 4.78 is 4.84. The summed E-state index contributed by atoms with van der Waals surface area (Å²) in [5.74, 6) is 0.432. The fourth-order valence-corrected chi connectivity index (χ4v) is 1.85. The molecule has 3 nitrogen and oxygen atoms in total. The summed E-state index contributed by atoms with van der Waals surface area (Å²) in [6.07, 6.45) is 1.90. The Kier molecular flexibility index (Phi) is 4.44. The minimum absolute atomic E-state index is 0.281. The normalized spacial score (nSPS) is 24.2. The summed E-state index contributed by atoms with van der Waals surface area (Å²) in [6.45, 7) is 2.64. The fraction of sp³-hybridized carbons (Fsp3) is 1.00. The van der Waals surface area contributed by atoms with E-state index in [4.69, 9.17) is 4.52 Å². The van der Waals surface area contributed by atoms with E-state index in [9.17, 15) is 5.11 Å². The van der Waals surface area contributed by atoms with E-state index in [0.717, 1.165) is 25.9 Å². The van der Waals surface area contributed by atoms with Crippen LogP contribution in [-0.4, -0.2) is 42.9 Å². The van der Waals surface area contributed by atoms with Crippen LogP contribution in [0.2, 0.25) is 0 Å². The first-order valence-electron chi connectivity index (χ1n) is 4.42. The molecule has 0 spiro atoms. The third-order valence-corrected chi connectivity index (χ3v) is 2.77. The molecule has 1 aliphatic heterocycles. The molecule has 1 fully saturated rings. The van der Waals surface area contributed by atoms with Crippen molar-refractivity contribution >= 4 is 9.47 Å². The number of aliphatic hydroxyl groups is 1. The molecule has 1 unspecified atom stereocenters. The van der Waals surface area contributed by atoms with Crippen LogP contribution in [0, 0.1) is 5.92 Å². The number of nitrogens with zero attached hydrogens (tertiary/aromatic N) is 1. The van der Waals surface area contributed by atoms with Crippen molar-refractivity contribution in [2.24, 2.45) is 5.92 Å². The van der Waals surface area contributed by atoms with Crippen molar-refractivity contribution in [2.45, 2.75) is 18.9 Å². The third-order valence-electron chi connectivity index (χ3n) is 2.57. The highest BCUT2D eigenvalue weighted by molar-refractivity contribution is 7.09. The Morgan fingerprint density at radius 2 is 2.17 bits per heavy atom. The van der Waals surface area contributed by atoms with Gasteiger partial charge in [0.25, 0.3) is 0 Å². The van der Waals surface area contributed by atoms with Crippen molar-refractivity contribution in [3.05, 3.63) is 0 Å². The predicted octanol–water partition coefficient (Wildman–Crippen LogP) is 0.496. The van der Waals surface area contributed by atoms with Crippen LogP contribution in [0.5, 0.6) is 0 Å². The van der Waals surface area contributed by atoms with Crippen molar-refractivity contribution in [3.8, 4) is 0 Å². The second-order valence-corrected chi connectivity index (χ2v) is 3.87. The van der Waals surface area contributed by atoms with E-state index >= 15 is 0 Å². The van der Waals surface area contributed by atoms with Gasteiger partial charge in [-0.25, -0.2) is 0 Å². The molecule has 72 valence electrons. The highest BCUT2D eigenvalue weighted by Gasteiger charge is 2.23. The summed E-state index contributed by atoms with van der Waals surface area (Å²) in [5, 5.41) is 9.60. The first-order valence-corrected chi connectivity index (χ1v) is 4.89. The molecule has 1 aliphatic rings. The lowest BCUT2D eigenvalue weighted by atomic mass is 9.92. The van der Waals surface area contributed by atoms with Crippen LogP contribution < -0.4 is 0 Å². The van der Waals surface area contributed by atoms with Crippen LogP contribution in [0.25, 0.3) is 0 Å². The van der Waals surface area contributed by atoms with Gasteiger partial charge in [0.1, 0.15) is 0 Å². The molecule has 0 radical (unpaired) electrons. The van der Waals surface area contributed by atoms with Gasteiger partial charge < -0.3 is 14.5 Å². The highest BCUT2D eigenvalue weighted by Crippen LogP contribution is 2.20. The zero-order valence-electron chi connectivity index (χ0n) is 7.57. The maximum atomic E-state index is 9.60. The molecule has 0 aromatic carbocycles. The number of hydrogen-bond acceptors (Lipinski definition) is 3. The van der Waals surface area contributed by atoms with E-state index in [0.29, 0.717) is 12.5 Å². The first-order chi connectivity index (χ1) is 5.74. The highest BCUT2D eigenvalue weighted by atomic mass is 31.0. The van der Waals surface area contributed by atoms with E-state index < -0.39 is 0 Å². The Labute approximate surface area is 76.4 Å². The number of likely N-dealkylation sites (tertiary alicyclic amines) is 1. The lowest BCUT2D eigenvalue weighted by Gasteiger charge is -2.31. The van der Waals surface area contributed by atoms with Crippen LogP contribution in [0.15, 0.2) is 0 Å². The summed E-state index contributed by atoms with van der Waals surface area (Å²) in [7, 11) is 4.30. The van der Waals surface area contributed by atoms with Gasteiger partial charge in [0.2, 0.25) is 0 Å². The molecule has 0 amide bonds. The van der Waals surface area contributed by atoms with Crippen LogP contribution in [0.1, 0.15) is 12.8 Å². The van der Waals surface area contributed by atoms with Crippen LogP contribution in [0.3, 0.4) is 0 Å². The van der Waals surface area contributed by atoms with Crippen molar-refractivity contribution in [1.29, 1.82) is 0 Å². The molecule has 0 aromatic rings. The Bertz CT molecular complexity index is 126. The first kappa shape index (κ1) is 10.4. The Hall–Kier alpha value is 0.310. The van der Waals surface area contributed by atoms with Gasteiger partial charge in [0.05, 0.1) is 12.7 Å². The Morgan fingerprint density at radius 1 is 1.58 bits per heavy atom. The van der Waals surface area contributed by atoms with Gasteiger partial charge in [-0.2, -0.15) is 0 Å². The second-order valence-electron chi connectivity index (χ2n) is 3.54. The quantitative estimate of drug-likeness (QED) is 0.659. The van der Waals surface area contributed by atoms with Gasteiger partial charge >= 0.3 is 0 Å². The average molecular weight is 191 g/mol.